The van der Waals surface area contributed by atoms with Crippen LogP contribution in [-0.2, 0) is 29.2 Å². The van der Waals surface area contributed by atoms with Gasteiger partial charge in [0.2, 0.25) is 5.91 Å². The highest BCUT2D eigenvalue weighted by Crippen LogP contribution is 2.35. The zero-order chi connectivity index (χ0) is 40.3. The van der Waals surface area contributed by atoms with Crippen molar-refractivity contribution in [3.63, 3.8) is 0 Å². The third kappa shape index (κ3) is 10.7. The number of amides is 2. The average molecular weight is 817 g/mol. The van der Waals surface area contributed by atoms with Gasteiger partial charge in [-0.3, -0.25) is 14.6 Å². The lowest BCUT2D eigenvalue weighted by atomic mass is 9.79. The first kappa shape index (κ1) is 41.7. The molecule has 56 heavy (non-hydrogen) atoms. The van der Waals surface area contributed by atoms with Gasteiger partial charge in [-0.1, -0.05) is 54.4 Å². The highest BCUT2D eigenvalue weighted by Gasteiger charge is 2.39. The number of carbonyl (C=O) groups excluding carboxylic acids is 2. The van der Waals surface area contributed by atoms with Crippen LogP contribution in [0.25, 0.3) is 22.0 Å². The van der Waals surface area contributed by atoms with E-state index in [0.717, 1.165) is 65.9 Å². The van der Waals surface area contributed by atoms with Crippen molar-refractivity contribution in [2.45, 2.75) is 78.6 Å². The van der Waals surface area contributed by atoms with E-state index in [1.807, 2.05) is 52.1 Å². The number of piperazine rings is 1. The monoisotopic (exact) mass is 815 g/mol. The molecule has 0 radical (unpaired) electrons. The van der Waals surface area contributed by atoms with Crippen LogP contribution in [0.2, 0.25) is 10.0 Å². The van der Waals surface area contributed by atoms with E-state index >= 15 is 0 Å². The molecular weight excluding hydrogens is 766 g/mol. The molecule has 2 aliphatic heterocycles. The van der Waals surface area contributed by atoms with E-state index in [1.165, 1.54) is 12.1 Å². The van der Waals surface area contributed by atoms with Gasteiger partial charge in [-0.15, -0.1) is 13.2 Å². The van der Waals surface area contributed by atoms with E-state index in [2.05, 4.69) is 42.6 Å². The van der Waals surface area contributed by atoms with Gasteiger partial charge in [0.05, 0.1) is 0 Å². The predicted octanol–water partition coefficient (Wildman–Crippen LogP) is 9.38. The van der Waals surface area contributed by atoms with Crippen LogP contribution in [0.5, 0.6) is 5.75 Å². The Labute approximate surface area is 336 Å². The number of rotatable bonds is 11. The molecule has 2 amide bonds. The summed E-state index contributed by atoms with van der Waals surface area (Å²) in [6.45, 7) is 14.4. The Balaban J connectivity index is 1.10. The Morgan fingerprint density at radius 2 is 1.48 bits per heavy atom. The number of carbonyl (C=O) groups is 2. The second kappa shape index (κ2) is 17.3. The number of ether oxygens (including phenoxy) is 2. The van der Waals surface area contributed by atoms with E-state index in [4.69, 9.17) is 27.9 Å². The fourth-order valence-electron chi connectivity index (χ4n) is 7.37. The van der Waals surface area contributed by atoms with Crippen LogP contribution in [-0.4, -0.2) is 89.0 Å². The number of fused-ring (bicyclic) bond motifs is 1. The number of benzene rings is 3. The van der Waals surface area contributed by atoms with Crippen LogP contribution in [0.4, 0.5) is 18.0 Å². The number of aryl methyl sites for hydroxylation is 1. The highest BCUT2D eigenvalue weighted by atomic mass is 35.5. The van der Waals surface area contributed by atoms with Gasteiger partial charge in [-0.25, -0.2) is 4.79 Å². The number of nitrogens with zero attached hydrogens (tertiary/aromatic N) is 4. The summed E-state index contributed by atoms with van der Waals surface area (Å²) in [5, 5.41) is 5.46. The van der Waals surface area contributed by atoms with Crippen LogP contribution in [0, 0.1) is 5.41 Å². The number of alkyl halides is 3. The van der Waals surface area contributed by atoms with Gasteiger partial charge in [0.1, 0.15) is 11.4 Å². The minimum atomic E-state index is -4.77. The van der Waals surface area contributed by atoms with Crippen molar-refractivity contribution in [3.05, 3.63) is 88.0 Å². The molecule has 2 saturated heterocycles. The predicted molar refractivity (Wildman–Crippen MR) is 214 cm³/mol. The molecule has 3 heterocycles. The number of halogens is 5. The van der Waals surface area contributed by atoms with Gasteiger partial charge < -0.3 is 24.3 Å². The van der Waals surface area contributed by atoms with Crippen LogP contribution in [0.3, 0.4) is 0 Å². The molecule has 6 rings (SSSR count). The Morgan fingerprint density at radius 1 is 0.857 bits per heavy atom. The van der Waals surface area contributed by atoms with E-state index in [9.17, 15) is 22.8 Å². The zero-order valence-electron chi connectivity index (χ0n) is 32.4. The van der Waals surface area contributed by atoms with Gasteiger partial charge >= 0.3 is 12.5 Å². The normalized spacial score (nSPS) is 16.9. The van der Waals surface area contributed by atoms with Crippen molar-refractivity contribution in [2.24, 2.45) is 5.41 Å². The Hall–Kier alpha value is -3.97. The van der Waals surface area contributed by atoms with Crippen LogP contribution in [0.15, 0.2) is 66.9 Å². The third-order valence-corrected chi connectivity index (χ3v) is 11.3. The SMILES string of the molecule is CC(C)(C)OC(=O)N1CCC(C)(C(=O)NCCCn2cc(-c3ccc(OC(F)(F)F)cc3)c3cc(CN4CCN(Cc5c(Cl)cccc5Cl)CC4)ccc32)CC1. The summed E-state index contributed by atoms with van der Waals surface area (Å²) >= 11 is 12.9. The Kier molecular flexibility index (Phi) is 12.8. The Bertz CT molecular complexity index is 1980. The first-order valence-corrected chi connectivity index (χ1v) is 19.8. The summed E-state index contributed by atoms with van der Waals surface area (Å²) in [6.07, 6.45) is -1.34. The largest absolute Gasteiger partial charge is 0.573 e. The lowest BCUT2D eigenvalue weighted by Gasteiger charge is -2.38. The van der Waals surface area contributed by atoms with Crippen molar-refractivity contribution in [2.75, 3.05) is 45.8 Å². The average Bonchev–Trinajstić information content (AvgIpc) is 3.49. The van der Waals surface area contributed by atoms with Gasteiger partial charge in [-0.05, 0) is 87.6 Å². The molecule has 0 spiro atoms. The number of likely N-dealkylation sites (tertiary alicyclic amines) is 1. The van der Waals surface area contributed by atoms with Crippen molar-refractivity contribution < 1.29 is 32.2 Å². The zero-order valence-corrected chi connectivity index (χ0v) is 33.9. The molecule has 3 aromatic carbocycles. The topological polar surface area (TPSA) is 79.3 Å². The van der Waals surface area contributed by atoms with E-state index in [1.54, 1.807) is 17.0 Å². The van der Waals surface area contributed by atoms with Gasteiger partial charge in [0, 0.05) is 109 Å². The molecule has 2 fully saturated rings. The minimum Gasteiger partial charge on any atom is -0.444 e. The first-order valence-electron chi connectivity index (χ1n) is 19.1. The summed E-state index contributed by atoms with van der Waals surface area (Å²) in [5.74, 6) is -0.305. The summed E-state index contributed by atoms with van der Waals surface area (Å²) in [4.78, 5) is 32.3. The van der Waals surface area contributed by atoms with Gasteiger partial charge in [0.15, 0.2) is 0 Å². The summed E-state index contributed by atoms with van der Waals surface area (Å²) in [6, 6.07) is 17.9. The van der Waals surface area contributed by atoms with Gasteiger partial charge in [0.25, 0.3) is 0 Å². The highest BCUT2D eigenvalue weighted by molar-refractivity contribution is 6.36. The summed E-state index contributed by atoms with van der Waals surface area (Å²) in [7, 11) is 0. The molecule has 302 valence electrons. The van der Waals surface area contributed by atoms with Crippen molar-refractivity contribution in [1.82, 2.24) is 24.6 Å². The maximum Gasteiger partial charge on any atom is 0.573 e. The smallest absolute Gasteiger partial charge is 0.444 e. The minimum absolute atomic E-state index is 0.0290. The molecule has 0 unspecified atom stereocenters. The summed E-state index contributed by atoms with van der Waals surface area (Å²) < 4.78 is 50.5. The van der Waals surface area contributed by atoms with Crippen LogP contribution < -0.4 is 10.1 Å². The Morgan fingerprint density at radius 3 is 2.09 bits per heavy atom. The molecule has 14 heteroatoms. The lowest BCUT2D eigenvalue weighted by molar-refractivity contribution is -0.274. The first-order chi connectivity index (χ1) is 26.5. The fraction of sp³-hybridized carbons (Fsp3) is 0.476. The molecule has 0 bridgehead atoms. The third-order valence-electron chi connectivity index (χ3n) is 10.6. The molecule has 9 nitrogen and oxygen atoms in total. The number of hydrogen-bond donors (Lipinski definition) is 1. The number of nitrogens with one attached hydrogen (secondary N) is 1. The van der Waals surface area contributed by atoms with Crippen molar-refractivity contribution in [3.8, 4) is 16.9 Å². The second-order valence-corrected chi connectivity index (χ2v) is 16.9. The molecular formula is C42H50Cl2F3N5O4. The maximum absolute atomic E-state index is 13.3. The van der Waals surface area contributed by atoms with E-state index < -0.39 is 17.4 Å². The maximum atomic E-state index is 13.3. The summed E-state index contributed by atoms with van der Waals surface area (Å²) in [5.41, 5.74) is 3.58. The molecule has 0 aliphatic carbocycles. The van der Waals surface area contributed by atoms with Gasteiger partial charge in [-0.2, -0.15) is 0 Å². The van der Waals surface area contributed by atoms with Crippen molar-refractivity contribution >= 4 is 46.1 Å². The molecule has 4 aromatic rings. The van der Waals surface area contributed by atoms with E-state index in [-0.39, 0.29) is 17.7 Å². The molecule has 0 saturated carbocycles. The standard InChI is InChI=1S/C42H50Cl2F3N5O4/c1-40(2,3)56-39(54)51-19-15-41(4,16-20-51)38(53)48-17-6-18-52-28-33(30-10-12-31(13-11-30)55-42(45,46)47)32-25-29(9-14-37(32)52)26-49-21-23-50(24-22-49)27-34-35(43)7-5-8-36(34)44/h5,7-14,25,28H,6,15-24,26-27H2,1-4H3,(H,48,53). The fourth-order valence-corrected chi connectivity index (χ4v) is 7.88. The molecule has 1 aromatic heterocycles. The van der Waals surface area contributed by atoms with Crippen LogP contribution >= 0.6 is 23.2 Å². The van der Waals surface area contributed by atoms with Crippen LogP contribution in [0.1, 0.15) is 58.1 Å². The number of piperidine rings is 1. The quantitative estimate of drug-likeness (QED) is 0.152. The lowest BCUT2D eigenvalue weighted by Crippen LogP contribution is -2.49. The molecule has 2 aliphatic rings. The second-order valence-electron chi connectivity index (χ2n) is 16.0. The molecule has 1 N–H and O–H groups in total. The number of aromatic nitrogens is 1. The number of hydrogen-bond acceptors (Lipinski definition) is 6. The van der Waals surface area contributed by atoms with Crippen molar-refractivity contribution in [1.29, 1.82) is 0 Å². The van der Waals surface area contributed by atoms with E-state index in [0.29, 0.717) is 62.0 Å². The molecule has 0 atom stereocenters.